The predicted molar refractivity (Wildman–Crippen MR) is 121 cm³/mol. The van der Waals surface area contributed by atoms with Crippen molar-refractivity contribution < 1.29 is 0 Å². The molecule has 5 rings (SSSR count). The van der Waals surface area contributed by atoms with Crippen LogP contribution in [0.4, 0.5) is 11.5 Å². The highest BCUT2D eigenvalue weighted by atomic mass is 16.1. The van der Waals surface area contributed by atoms with Gasteiger partial charge >= 0.3 is 0 Å². The number of pyridine rings is 1. The number of nitrogens with one attached hydrogen (secondary N) is 3. The van der Waals surface area contributed by atoms with Crippen LogP contribution in [0.2, 0.25) is 0 Å². The summed E-state index contributed by atoms with van der Waals surface area (Å²) in [6.07, 6.45) is 3.93. The van der Waals surface area contributed by atoms with Crippen LogP contribution in [0.5, 0.6) is 0 Å². The second-order valence-electron chi connectivity index (χ2n) is 7.30. The summed E-state index contributed by atoms with van der Waals surface area (Å²) in [6, 6.07) is 22.0. The van der Waals surface area contributed by atoms with Crippen LogP contribution in [0.25, 0.3) is 22.4 Å². The van der Waals surface area contributed by atoms with Gasteiger partial charge in [-0.3, -0.25) is 14.6 Å². The van der Waals surface area contributed by atoms with Gasteiger partial charge in [0.25, 0.3) is 5.56 Å². The highest BCUT2D eigenvalue weighted by Crippen LogP contribution is 2.32. The summed E-state index contributed by atoms with van der Waals surface area (Å²) in [5.74, 6) is 0.908. The fourth-order valence-corrected chi connectivity index (χ4v) is 3.67. The Hall–Kier alpha value is -4.06. The maximum Gasteiger partial charge on any atom is 0.264 e. The summed E-state index contributed by atoms with van der Waals surface area (Å²) in [6.45, 7) is 2.63. The molecule has 2 aromatic carbocycles. The van der Waals surface area contributed by atoms with Crippen LogP contribution in [0.3, 0.4) is 0 Å². The first-order chi connectivity index (χ1) is 14.7. The van der Waals surface area contributed by atoms with Crippen molar-refractivity contribution in [3.63, 3.8) is 0 Å². The minimum atomic E-state index is -0.102. The van der Waals surface area contributed by atoms with E-state index in [0.29, 0.717) is 0 Å². The number of nitrogens with zero attached hydrogens (tertiary/aromatic N) is 2. The lowest BCUT2D eigenvalue weighted by Gasteiger charge is -2.08. The van der Waals surface area contributed by atoms with Gasteiger partial charge in [0.1, 0.15) is 5.82 Å². The van der Waals surface area contributed by atoms with Gasteiger partial charge in [-0.2, -0.15) is 0 Å². The number of aromatic nitrogens is 3. The number of hydrogen-bond acceptors (Lipinski definition) is 4. The predicted octanol–water partition coefficient (Wildman–Crippen LogP) is 4.41. The fraction of sp³-hybridized carbons (Fsp3) is 0.0833. The van der Waals surface area contributed by atoms with Crippen LogP contribution in [0, 0.1) is 6.92 Å². The Bertz CT molecular complexity index is 1280. The van der Waals surface area contributed by atoms with Crippen molar-refractivity contribution in [1.29, 1.82) is 0 Å². The third-order valence-corrected chi connectivity index (χ3v) is 5.24. The Balaban J connectivity index is 1.37. The van der Waals surface area contributed by atoms with Gasteiger partial charge in [-0.25, -0.2) is 4.98 Å². The topological polar surface area (TPSA) is 74.7 Å². The van der Waals surface area contributed by atoms with Gasteiger partial charge in [-0.1, -0.05) is 30.3 Å². The Morgan fingerprint density at radius 2 is 1.83 bits per heavy atom. The molecule has 3 heterocycles. The molecule has 4 aromatic rings. The van der Waals surface area contributed by atoms with E-state index in [4.69, 9.17) is 0 Å². The number of aryl methyl sites for hydroxylation is 1. The second kappa shape index (κ2) is 7.40. The van der Waals surface area contributed by atoms with Gasteiger partial charge in [0.05, 0.1) is 5.69 Å². The number of fused-ring (bicyclic) bond motifs is 1. The number of hydrogen-bond donors (Lipinski definition) is 3. The molecule has 0 saturated heterocycles. The smallest absolute Gasteiger partial charge is 0.264 e. The molecule has 3 N–H and O–H groups in total. The zero-order valence-corrected chi connectivity index (χ0v) is 16.5. The number of benzene rings is 2. The lowest BCUT2D eigenvalue weighted by molar-refractivity contribution is 0.834. The van der Waals surface area contributed by atoms with Crippen molar-refractivity contribution in [3.05, 3.63) is 101 Å². The van der Waals surface area contributed by atoms with Crippen LogP contribution in [-0.2, 0) is 0 Å². The van der Waals surface area contributed by atoms with Gasteiger partial charge in [0.2, 0.25) is 0 Å². The minimum Gasteiger partial charge on any atom is -0.365 e. The average Bonchev–Trinajstić information content (AvgIpc) is 3.34. The molecule has 0 unspecified atom stereocenters. The van der Waals surface area contributed by atoms with Gasteiger partial charge in [0, 0.05) is 47.5 Å². The lowest BCUT2D eigenvalue weighted by atomic mass is 10.0. The highest BCUT2D eigenvalue weighted by molar-refractivity contribution is 5.85. The number of anilines is 2. The Labute approximate surface area is 173 Å². The summed E-state index contributed by atoms with van der Waals surface area (Å²) < 4.78 is 1.78. The normalized spacial score (nSPS) is 13.8. The molecular formula is C24H21N5O. The average molecular weight is 395 g/mol. The van der Waals surface area contributed by atoms with Crippen molar-refractivity contribution in [2.45, 2.75) is 6.92 Å². The second-order valence-corrected chi connectivity index (χ2v) is 7.30. The molecule has 6 heteroatoms. The molecule has 0 radical (unpaired) electrons. The molecular weight excluding hydrogens is 374 g/mol. The molecule has 0 bridgehead atoms. The lowest BCUT2D eigenvalue weighted by Crippen LogP contribution is -2.04. The SMILES string of the molecule is Cc1cc(=O)[nH]n1-c1ccc(NC=C2CNc3ncc(-c4ccccc4)cc32)cc1. The maximum absolute atomic E-state index is 11.5. The molecule has 0 aliphatic carbocycles. The van der Waals surface area contributed by atoms with Crippen molar-refractivity contribution >= 4 is 17.1 Å². The number of H-pyrrole nitrogens is 1. The third kappa shape index (κ3) is 3.39. The van der Waals surface area contributed by atoms with E-state index in [9.17, 15) is 4.79 Å². The van der Waals surface area contributed by atoms with E-state index in [1.54, 1.807) is 10.7 Å². The minimum absolute atomic E-state index is 0.102. The Morgan fingerprint density at radius 3 is 2.57 bits per heavy atom. The van der Waals surface area contributed by atoms with Crippen LogP contribution in [0.1, 0.15) is 11.3 Å². The summed E-state index contributed by atoms with van der Waals surface area (Å²) >= 11 is 0. The standard InChI is InChI=1S/C24H21N5O/c1-16-11-23(30)28-29(16)21-9-7-20(8-10-21)25-14-19-15-27-24-22(19)12-18(13-26-24)17-5-3-2-4-6-17/h2-14,25H,15H2,1H3,(H,26,27)(H,28,30). The van der Waals surface area contributed by atoms with Crippen molar-refractivity contribution in [2.75, 3.05) is 17.2 Å². The van der Waals surface area contributed by atoms with Crippen molar-refractivity contribution in [1.82, 2.24) is 14.8 Å². The van der Waals surface area contributed by atoms with Crippen LogP contribution >= 0.6 is 0 Å². The van der Waals surface area contributed by atoms with E-state index >= 15 is 0 Å². The van der Waals surface area contributed by atoms with Crippen molar-refractivity contribution in [2.24, 2.45) is 0 Å². The summed E-state index contributed by atoms with van der Waals surface area (Å²) in [5, 5.41) is 9.52. The van der Waals surface area contributed by atoms with Crippen LogP contribution in [0.15, 0.2) is 83.9 Å². The monoisotopic (exact) mass is 395 g/mol. The first-order valence-electron chi connectivity index (χ1n) is 9.82. The molecule has 148 valence electrons. The van der Waals surface area contributed by atoms with E-state index in [1.165, 1.54) is 0 Å². The van der Waals surface area contributed by atoms with E-state index in [1.807, 2.05) is 61.8 Å². The van der Waals surface area contributed by atoms with Gasteiger partial charge < -0.3 is 10.6 Å². The van der Waals surface area contributed by atoms with Gasteiger partial charge in [0.15, 0.2) is 0 Å². The van der Waals surface area contributed by atoms with Crippen molar-refractivity contribution in [3.8, 4) is 16.8 Å². The Morgan fingerprint density at radius 1 is 1.03 bits per heavy atom. The number of rotatable bonds is 4. The molecule has 30 heavy (non-hydrogen) atoms. The Kier molecular flexibility index (Phi) is 4.44. The molecule has 0 amide bonds. The molecule has 0 spiro atoms. The first kappa shape index (κ1) is 18.0. The quantitative estimate of drug-likeness (QED) is 0.478. The van der Waals surface area contributed by atoms with Crippen LogP contribution in [-0.4, -0.2) is 21.3 Å². The largest absolute Gasteiger partial charge is 0.365 e. The van der Waals surface area contributed by atoms with Gasteiger partial charge in [-0.05, 0) is 48.4 Å². The highest BCUT2D eigenvalue weighted by Gasteiger charge is 2.17. The van der Waals surface area contributed by atoms with E-state index < -0.39 is 0 Å². The summed E-state index contributed by atoms with van der Waals surface area (Å²) in [5.41, 5.74) is 7.18. The molecule has 2 aromatic heterocycles. The molecule has 0 saturated carbocycles. The zero-order chi connectivity index (χ0) is 20.5. The molecule has 1 aliphatic rings. The van der Waals surface area contributed by atoms with Gasteiger partial charge in [-0.15, -0.1) is 0 Å². The summed E-state index contributed by atoms with van der Waals surface area (Å²) in [4.78, 5) is 16.1. The molecule has 0 atom stereocenters. The zero-order valence-electron chi connectivity index (χ0n) is 16.5. The number of aromatic amines is 1. The fourth-order valence-electron chi connectivity index (χ4n) is 3.67. The van der Waals surface area contributed by atoms with E-state index in [2.05, 4.69) is 38.9 Å². The van der Waals surface area contributed by atoms with E-state index in [0.717, 1.165) is 51.7 Å². The first-order valence-corrected chi connectivity index (χ1v) is 9.82. The maximum atomic E-state index is 11.5. The van der Waals surface area contributed by atoms with Crippen LogP contribution < -0.4 is 16.2 Å². The third-order valence-electron chi connectivity index (χ3n) is 5.24. The molecule has 0 fully saturated rings. The van der Waals surface area contributed by atoms with E-state index in [-0.39, 0.29) is 5.56 Å². The molecule has 1 aliphatic heterocycles. The summed E-state index contributed by atoms with van der Waals surface area (Å²) in [7, 11) is 0. The molecule has 6 nitrogen and oxygen atoms in total.